The van der Waals surface area contributed by atoms with E-state index in [9.17, 15) is 9.18 Å². The summed E-state index contributed by atoms with van der Waals surface area (Å²) in [5, 5.41) is 0.627. The molecule has 6 heteroatoms. The van der Waals surface area contributed by atoms with Gasteiger partial charge in [-0.15, -0.1) is 0 Å². The van der Waals surface area contributed by atoms with Crippen molar-refractivity contribution < 1.29 is 13.9 Å². The second-order valence-electron chi connectivity index (χ2n) is 6.68. The highest BCUT2D eigenvalue weighted by Gasteiger charge is 2.21. The van der Waals surface area contributed by atoms with E-state index in [4.69, 9.17) is 4.74 Å². The number of nitrogens with zero attached hydrogens (tertiary/aromatic N) is 2. The lowest BCUT2D eigenvalue weighted by Gasteiger charge is -2.20. The van der Waals surface area contributed by atoms with Gasteiger partial charge in [0.05, 0.1) is 16.8 Å². The molecule has 0 aliphatic carbocycles. The predicted octanol–water partition coefficient (Wildman–Crippen LogP) is 5.36. The molecule has 0 aliphatic heterocycles. The molecule has 0 unspecified atom stereocenters. The molecular weight excluding hydrogens is 387 g/mol. The van der Waals surface area contributed by atoms with E-state index in [2.05, 4.69) is 11.1 Å². The Morgan fingerprint density at radius 2 is 1.83 bits per heavy atom. The molecule has 0 fully saturated rings. The number of fused-ring (bicyclic) bond motifs is 1. The predicted molar refractivity (Wildman–Crippen MR) is 114 cm³/mol. The van der Waals surface area contributed by atoms with Crippen LogP contribution >= 0.6 is 11.3 Å². The van der Waals surface area contributed by atoms with E-state index in [0.717, 1.165) is 21.3 Å². The first kappa shape index (κ1) is 19.1. The second-order valence-corrected chi connectivity index (χ2v) is 7.68. The maximum absolute atomic E-state index is 13.1. The Kier molecular flexibility index (Phi) is 5.53. The molecule has 0 bridgehead atoms. The number of aryl methyl sites for hydroxylation is 1. The van der Waals surface area contributed by atoms with Crippen LogP contribution in [0.2, 0.25) is 0 Å². The number of ether oxygens (including phenoxy) is 1. The summed E-state index contributed by atoms with van der Waals surface area (Å²) in [6, 6.07) is 21.4. The number of carbonyl (C=O) groups is 1. The average Bonchev–Trinajstić information content (AvgIpc) is 3.15. The van der Waals surface area contributed by atoms with Gasteiger partial charge in [0, 0.05) is 0 Å². The molecule has 0 spiro atoms. The van der Waals surface area contributed by atoms with Crippen LogP contribution in [-0.4, -0.2) is 17.5 Å². The fraction of sp³-hybridized carbons (Fsp3) is 0.130. The summed E-state index contributed by atoms with van der Waals surface area (Å²) >= 11 is 1.48. The summed E-state index contributed by atoms with van der Waals surface area (Å²) in [5.74, 6) is -0.118. The number of thiazole rings is 1. The Bertz CT molecular complexity index is 1130. The summed E-state index contributed by atoms with van der Waals surface area (Å²) in [4.78, 5) is 19.3. The van der Waals surface area contributed by atoms with Crippen LogP contribution in [0.5, 0.6) is 5.75 Å². The van der Waals surface area contributed by atoms with Gasteiger partial charge in [0.25, 0.3) is 5.91 Å². The van der Waals surface area contributed by atoms with Gasteiger partial charge in [-0.3, -0.25) is 9.69 Å². The Labute approximate surface area is 172 Å². The van der Waals surface area contributed by atoms with Crippen LogP contribution in [0.25, 0.3) is 10.2 Å². The van der Waals surface area contributed by atoms with E-state index in [1.165, 1.54) is 35.6 Å². The van der Waals surface area contributed by atoms with Crippen molar-refractivity contribution in [1.82, 2.24) is 4.98 Å². The highest BCUT2D eigenvalue weighted by Crippen LogP contribution is 2.30. The van der Waals surface area contributed by atoms with Crippen LogP contribution in [0.1, 0.15) is 11.1 Å². The number of carbonyl (C=O) groups excluding carboxylic acids is 1. The van der Waals surface area contributed by atoms with Gasteiger partial charge in [-0.25, -0.2) is 9.37 Å². The highest BCUT2D eigenvalue weighted by atomic mass is 32.1. The van der Waals surface area contributed by atoms with Gasteiger partial charge in [-0.05, 0) is 54.4 Å². The lowest BCUT2D eigenvalue weighted by atomic mass is 10.2. The van der Waals surface area contributed by atoms with Crippen LogP contribution in [0, 0.1) is 12.7 Å². The third kappa shape index (κ3) is 4.60. The van der Waals surface area contributed by atoms with E-state index in [0.29, 0.717) is 17.4 Å². The molecule has 0 saturated heterocycles. The maximum Gasteiger partial charge on any atom is 0.267 e. The maximum atomic E-state index is 13.1. The smallest absolute Gasteiger partial charge is 0.267 e. The monoisotopic (exact) mass is 406 g/mol. The van der Waals surface area contributed by atoms with Crippen LogP contribution < -0.4 is 9.64 Å². The second kappa shape index (κ2) is 8.41. The molecule has 4 aromatic rings. The molecule has 4 nitrogen and oxygen atoms in total. The Balaban J connectivity index is 1.59. The minimum atomic E-state index is -0.348. The minimum absolute atomic E-state index is 0.159. The normalized spacial score (nSPS) is 10.8. The van der Waals surface area contributed by atoms with Gasteiger partial charge >= 0.3 is 0 Å². The van der Waals surface area contributed by atoms with Crippen molar-refractivity contribution in [3.8, 4) is 5.75 Å². The fourth-order valence-electron chi connectivity index (χ4n) is 2.92. The van der Waals surface area contributed by atoms with Gasteiger partial charge in [0.1, 0.15) is 11.6 Å². The molecule has 4 rings (SSSR count). The minimum Gasteiger partial charge on any atom is -0.484 e. The topological polar surface area (TPSA) is 42.4 Å². The molecule has 3 aromatic carbocycles. The van der Waals surface area contributed by atoms with Gasteiger partial charge in [-0.1, -0.05) is 47.7 Å². The zero-order valence-corrected chi connectivity index (χ0v) is 16.7. The SMILES string of the molecule is Cc1ccc2nc(N(Cc3ccccc3)C(=O)COc3ccc(F)cc3)sc2c1. The van der Waals surface area contributed by atoms with E-state index < -0.39 is 0 Å². The summed E-state index contributed by atoms with van der Waals surface area (Å²) < 4.78 is 19.7. The zero-order chi connectivity index (χ0) is 20.2. The molecule has 0 aliphatic rings. The highest BCUT2D eigenvalue weighted by molar-refractivity contribution is 7.22. The first-order valence-corrected chi connectivity index (χ1v) is 10.00. The molecule has 0 saturated carbocycles. The quantitative estimate of drug-likeness (QED) is 0.433. The first-order chi connectivity index (χ1) is 14.1. The molecule has 0 radical (unpaired) electrons. The zero-order valence-electron chi connectivity index (χ0n) is 15.8. The molecule has 0 atom stereocenters. The lowest BCUT2D eigenvalue weighted by Crippen LogP contribution is -2.34. The van der Waals surface area contributed by atoms with Crippen LogP contribution in [0.3, 0.4) is 0 Å². The summed E-state index contributed by atoms with van der Waals surface area (Å²) in [5.41, 5.74) is 3.01. The van der Waals surface area contributed by atoms with E-state index in [1.807, 2.05) is 49.4 Å². The number of anilines is 1. The van der Waals surface area contributed by atoms with Crippen molar-refractivity contribution in [2.75, 3.05) is 11.5 Å². The van der Waals surface area contributed by atoms with Crippen molar-refractivity contribution >= 4 is 32.6 Å². The molecular formula is C23H19FN2O2S. The summed E-state index contributed by atoms with van der Waals surface area (Å²) in [6.45, 7) is 2.26. The van der Waals surface area contributed by atoms with Crippen LogP contribution in [0.4, 0.5) is 9.52 Å². The van der Waals surface area contributed by atoms with E-state index in [-0.39, 0.29) is 18.3 Å². The van der Waals surface area contributed by atoms with Gasteiger partial charge < -0.3 is 4.74 Å². The Hall–Kier alpha value is -3.25. The summed E-state index contributed by atoms with van der Waals surface area (Å²) in [7, 11) is 0. The van der Waals surface area contributed by atoms with Crippen molar-refractivity contribution in [1.29, 1.82) is 0 Å². The van der Waals surface area contributed by atoms with Gasteiger partial charge in [0.2, 0.25) is 0 Å². The molecule has 146 valence electrons. The summed E-state index contributed by atoms with van der Waals surface area (Å²) in [6.07, 6.45) is 0. The van der Waals surface area contributed by atoms with Crippen molar-refractivity contribution in [3.63, 3.8) is 0 Å². The number of aromatic nitrogens is 1. The molecule has 1 amide bonds. The number of amides is 1. The number of halogens is 1. The molecule has 0 N–H and O–H groups in total. The number of rotatable bonds is 6. The third-order valence-electron chi connectivity index (χ3n) is 4.42. The van der Waals surface area contributed by atoms with Crippen molar-refractivity contribution in [2.45, 2.75) is 13.5 Å². The Morgan fingerprint density at radius 3 is 2.59 bits per heavy atom. The molecule has 1 heterocycles. The van der Waals surface area contributed by atoms with Crippen LogP contribution in [-0.2, 0) is 11.3 Å². The largest absolute Gasteiger partial charge is 0.484 e. The first-order valence-electron chi connectivity index (χ1n) is 9.18. The average molecular weight is 406 g/mol. The van der Waals surface area contributed by atoms with Gasteiger partial charge in [0.15, 0.2) is 11.7 Å². The number of hydrogen-bond acceptors (Lipinski definition) is 4. The number of hydrogen-bond donors (Lipinski definition) is 0. The van der Waals surface area contributed by atoms with E-state index in [1.54, 1.807) is 4.90 Å². The molecule has 1 aromatic heterocycles. The fourth-order valence-corrected chi connectivity index (χ4v) is 4.00. The van der Waals surface area contributed by atoms with E-state index >= 15 is 0 Å². The third-order valence-corrected chi connectivity index (χ3v) is 5.47. The van der Waals surface area contributed by atoms with Crippen molar-refractivity contribution in [3.05, 3.63) is 89.7 Å². The lowest BCUT2D eigenvalue weighted by molar-refractivity contribution is -0.120. The van der Waals surface area contributed by atoms with Crippen LogP contribution in [0.15, 0.2) is 72.8 Å². The Morgan fingerprint density at radius 1 is 1.07 bits per heavy atom. The van der Waals surface area contributed by atoms with Crippen molar-refractivity contribution in [2.24, 2.45) is 0 Å². The number of benzene rings is 3. The molecule has 29 heavy (non-hydrogen) atoms. The standard InChI is InChI=1S/C23H19FN2O2S/c1-16-7-12-20-21(13-16)29-23(25-20)26(14-17-5-3-2-4-6-17)22(27)15-28-19-10-8-18(24)9-11-19/h2-13H,14-15H2,1H3. The van der Waals surface area contributed by atoms with Gasteiger partial charge in [-0.2, -0.15) is 0 Å².